The molecule has 1 aromatic carbocycles. The number of carbonyl (C=O) groups is 1. The minimum Gasteiger partial charge on any atom is -0.343 e. The third-order valence-electron chi connectivity index (χ3n) is 7.52. The van der Waals surface area contributed by atoms with Crippen LogP contribution in [0.5, 0.6) is 0 Å². The Labute approximate surface area is 182 Å². The molecule has 4 heterocycles. The highest BCUT2D eigenvalue weighted by atomic mass is 19.1. The van der Waals surface area contributed by atoms with Gasteiger partial charge < -0.3 is 14.3 Å². The minimum absolute atomic E-state index is 0.110. The van der Waals surface area contributed by atoms with Crippen LogP contribution in [-0.2, 0) is 4.79 Å². The first kappa shape index (κ1) is 20.6. The third kappa shape index (κ3) is 3.87. The summed E-state index contributed by atoms with van der Waals surface area (Å²) in [5.74, 6) is 1.29. The van der Waals surface area contributed by atoms with Crippen molar-refractivity contribution < 1.29 is 13.7 Å². The maximum Gasteiger partial charge on any atom is 0.232 e. The summed E-state index contributed by atoms with van der Waals surface area (Å²) in [7, 11) is 2.18. The number of hydrogen-bond acceptors (Lipinski definition) is 6. The van der Waals surface area contributed by atoms with Crippen molar-refractivity contribution in [1.29, 1.82) is 0 Å². The van der Waals surface area contributed by atoms with E-state index in [1.165, 1.54) is 12.1 Å². The largest absolute Gasteiger partial charge is 0.343 e. The Balaban J connectivity index is 1.37. The van der Waals surface area contributed by atoms with Crippen molar-refractivity contribution in [2.45, 2.75) is 38.1 Å². The van der Waals surface area contributed by atoms with Gasteiger partial charge in [-0.1, -0.05) is 5.16 Å². The number of hydrogen-bond donors (Lipinski definition) is 0. The summed E-state index contributed by atoms with van der Waals surface area (Å²) in [6, 6.07) is 6.70. The Hall–Kier alpha value is -2.32. The quantitative estimate of drug-likeness (QED) is 0.750. The van der Waals surface area contributed by atoms with Crippen LogP contribution in [0.1, 0.15) is 38.0 Å². The summed E-state index contributed by atoms with van der Waals surface area (Å²) >= 11 is 0. The molecule has 8 heteroatoms. The van der Waals surface area contributed by atoms with Gasteiger partial charge in [-0.25, -0.2) is 4.39 Å². The molecule has 0 saturated carbocycles. The van der Waals surface area contributed by atoms with E-state index < -0.39 is 0 Å². The smallest absolute Gasteiger partial charge is 0.232 e. The van der Waals surface area contributed by atoms with E-state index in [9.17, 15) is 9.18 Å². The van der Waals surface area contributed by atoms with Crippen molar-refractivity contribution in [1.82, 2.24) is 24.8 Å². The Morgan fingerprint density at radius 1 is 1.16 bits per heavy atom. The van der Waals surface area contributed by atoms with E-state index in [1.807, 2.05) is 4.90 Å². The number of halogens is 1. The predicted octanol–water partition coefficient (Wildman–Crippen LogP) is 2.61. The van der Waals surface area contributed by atoms with Crippen molar-refractivity contribution in [3.05, 3.63) is 36.0 Å². The molecule has 0 unspecified atom stereocenters. The SMILES string of the molecule is CC(=O)N1CCC(N2C[C@@H](c3nc(-c4ccc(F)cc4)no3)[C@]3(CCN(C)C3)C2)CC1. The van der Waals surface area contributed by atoms with Crippen LogP contribution in [0.15, 0.2) is 28.8 Å². The van der Waals surface area contributed by atoms with Crippen LogP contribution in [0.4, 0.5) is 4.39 Å². The van der Waals surface area contributed by atoms with Crippen LogP contribution in [0, 0.1) is 11.2 Å². The zero-order valence-electron chi connectivity index (χ0n) is 18.3. The molecule has 1 spiro atoms. The molecule has 3 saturated heterocycles. The standard InChI is InChI=1S/C23H30FN5O2/c1-16(30)28-10-7-19(8-11-28)29-13-20(23(15-29)9-12-27(2)14-23)22-25-21(26-31-22)17-3-5-18(24)6-4-17/h3-6,19-20H,7-15H2,1-2H3/t20-,23-/m0/s1. The average Bonchev–Trinajstić information content (AvgIpc) is 3.48. The zero-order chi connectivity index (χ0) is 21.6. The van der Waals surface area contributed by atoms with Gasteiger partial charge in [0.05, 0.1) is 5.92 Å². The molecule has 3 fully saturated rings. The van der Waals surface area contributed by atoms with Crippen molar-refractivity contribution >= 4 is 5.91 Å². The van der Waals surface area contributed by atoms with E-state index in [1.54, 1.807) is 19.1 Å². The first-order valence-corrected chi connectivity index (χ1v) is 11.2. The first-order chi connectivity index (χ1) is 14.9. The van der Waals surface area contributed by atoms with Gasteiger partial charge in [0, 0.05) is 56.7 Å². The van der Waals surface area contributed by atoms with Gasteiger partial charge in [0.15, 0.2) is 0 Å². The van der Waals surface area contributed by atoms with E-state index in [0.29, 0.717) is 17.8 Å². The fraction of sp³-hybridized carbons (Fsp3) is 0.609. The highest BCUT2D eigenvalue weighted by molar-refractivity contribution is 5.73. The molecular weight excluding hydrogens is 397 g/mol. The fourth-order valence-corrected chi connectivity index (χ4v) is 5.79. The van der Waals surface area contributed by atoms with E-state index in [2.05, 4.69) is 22.0 Å². The van der Waals surface area contributed by atoms with Crippen LogP contribution in [0.25, 0.3) is 11.4 Å². The van der Waals surface area contributed by atoms with Gasteiger partial charge in [-0.15, -0.1) is 0 Å². The molecule has 2 atom stereocenters. The number of amides is 1. The highest BCUT2D eigenvalue weighted by Gasteiger charge is 2.53. The molecular formula is C23H30FN5O2. The summed E-state index contributed by atoms with van der Waals surface area (Å²) in [5.41, 5.74) is 0.874. The number of nitrogens with zero attached hydrogens (tertiary/aromatic N) is 5. The topological polar surface area (TPSA) is 65.7 Å². The Kier molecular flexibility index (Phi) is 5.30. The maximum atomic E-state index is 13.3. The van der Waals surface area contributed by atoms with Gasteiger partial charge in [-0.05, 0) is 57.1 Å². The van der Waals surface area contributed by atoms with Gasteiger partial charge in [-0.3, -0.25) is 9.69 Å². The van der Waals surface area contributed by atoms with Crippen LogP contribution in [0.2, 0.25) is 0 Å². The van der Waals surface area contributed by atoms with Crippen LogP contribution >= 0.6 is 0 Å². The molecule has 1 amide bonds. The van der Waals surface area contributed by atoms with Gasteiger partial charge in [0.2, 0.25) is 17.6 Å². The molecule has 166 valence electrons. The summed E-state index contributed by atoms with van der Waals surface area (Å²) in [6.07, 6.45) is 3.15. The molecule has 0 N–H and O–H groups in total. The lowest BCUT2D eigenvalue weighted by molar-refractivity contribution is -0.130. The minimum atomic E-state index is -0.275. The average molecular weight is 428 g/mol. The second-order valence-electron chi connectivity index (χ2n) is 9.53. The van der Waals surface area contributed by atoms with Gasteiger partial charge in [-0.2, -0.15) is 4.98 Å². The molecule has 3 aliphatic heterocycles. The summed E-state index contributed by atoms with van der Waals surface area (Å²) in [4.78, 5) is 23.4. The number of rotatable bonds is 3. The van der Waals surface area contributed by atoms with E-state index in [4.69, 9.17) is 9.51 Å². The lowest BCUT2D eigenvalue weighted by Crippen LogP contribution is -2.46. The Morgan fingerprint density at radius 3 is 2.55 bits per heavy atom. The maximum absolute atomic E-state index is 13.3. The molecule has 3 aliphatic rings. The van der Waals surface area contributed by atoms with Crippen LogP contribution in [0.3, 0.4) is 0 Å². The zero-order valence-corrected chi connectivity index (χ0v) is 18.3. The fourth-order valence-electron chi connectivity index (χ4n) is 5.79. The van der Waals surface area contributed by atoms with E-state index >= 15 is 0 Å². The van der Waals surface area contributed by atoms with Gasteiger partial charge in [0.1, 0.15) is 5.82 Å². The summed E-state index contributed by atoms with van der Waals surface area (Å²) in [6.45, 7) is 7.36. The lowest BCUT2D eigenvalue weighted by Gasteiger charge is -2.37. The number of carbonyl (C=O) groups excluding carboxylic acids is 1. The van der Waals surface area contributed by atoms with Crippen molar-refractivity contribution in [2.24, 2.45) is 5.41 Å². The monoisotopic (exact) mass is 427 g/mol. The van der Waals surface area contributed by atoms with Gasteiger partial charge in [0.25, 0.3) is 0 Å². The van der Waals surface area contributed by atoms with Gasteiger partial charge >= 0.3 is 0 Å². The Morgan fingerprint density at radius 2 is 1.90 bits per heavy atom. The van der Waals surface area contributed by atoms with E-state index in [-0.39, 0.29) is 23.1 Å². The molecule has 0 radical (unpaired) electrons. The lowest BCUT2D eigenvalue weighted by atomic mass is 9.77. The van der Waals surface area contributed by atoms with Crippen molar-refractivity contribution in [3.63, 3.8) is 0 Å². The molecule has 1 aromatic heterocycles. The number of aromatic nitrogens is 2. The van der Waals surface area contributed by atoms with E-state index in [0.717, 1.165) is 64.1 Å². The van der Waals surface area contributed by atoms with Crippen molar-refractivity contribution in [2.75, 3.05) is 46.3 Å². The van der Waals surface area contributed by atoms with Crippen molar-refractivity contribution in [3.8, 4) is 11.4 Å². The summed E-state index contributed by atoms with van der Waals surface area (Å²) in [5, 5.41) is 4.22. The molecule has 7 nitrogen and oxygen atoms in total. The third-order valence-corrected chi connectivity index (χ3v) is 7.52. The summed E-state index contributed by atoms with van der Waals surface area (Å²) < 4.78 is 19.1. The molecule has 0 aliphatic carbocycles. The molecule has 5 rings (SSSR count). The molecule has 2 aromatic rings. The second-order valence-corrected chi connectivity index (χ2v) is 9.53. The first-order valence-electron chi connectivity index (χ1n) is 11.2. The Bertz CT molecular complexity index is 940. The number of piperidine rings is 1. The second kappa shape index (κ2) is 7.98. The predicted molar refractivity (Wildman–Crippen MR) is 114 cm³/mol. The molecule has 0 bridgehead atoms. The number of likely N-dealkylation sites (tertiary alicyclic amines) is 3. The van der Waals surface area contributed by atoms with Crippen LogP contribution < -0.4 is 0 Å². The number of benzene rings is 1. The van der Waals surface area contributed by atoms with Crippen LogP contribution in [-0.4, -0.2) is 83.1 Å². The highest BCUT2D eigenvalue weighted by Crippen LogP contribution is 2.49. The normalized spacial score (nSPS) is 28.1. The molecule has 31 heavy (non-hydrogen) atoms.